The summed E-state index contributed by atoms with van der Waals surface area (Å²) < 4.78 is 37.7. The van der Waals surface area contributed by atoms with Gasteiger partial charge in [0.1, 0.15) is 0 Å². The zero-order valence-corrected chi connectivity index (χ0v) is 15.9. The Hall–Kier alpha value is -3.60. The molecule has 1 aliphatic rings. The molecule has 2 amide bonds. The Balaban J connectivity index is 1.52. The number of amides is 2. The van der Waals surface area contributed by atoms with Crippen molar-refractivity contribution in [2.24, 2.45) is 0 Å². The lowest BCUT2D eigenvalue weighted by molar-refractivity contribution is -0.137. The van der Waals surface area contributed by atoms with Crippen molar-refractivity contribution in [3.05, 3.63) is 76.4 Å². The summed E-state index contributed by atoms with van der Waals surface area (Å²) in [7, 11) is 0. The number of carbonyl (C=O) groups excluding carboxylic acids is 2. The normalized spacial score (nSPS) is 13.6. The van der Waals surface area contributed by atoms with Crippen molar-refractivity contribution in [1.29, 1.82) is 5.26 Å². The average Bonchev–Trinajstić information content (AvgIpc) is 2.74. The molecule has 0 fully saturated rings. The van der Waals surface area contributed by atoms with E-state index >= 15 is 0 Å². The van der Waals surface area contributed by atoms with Gasteiger partial charge < -0.3 is 10.2 Å². The Bertz CT molecular complexity index is 1020. The van der Waals surface area contributed by atoms with E-state index in [1.165, 1.54) is 24.3 Å². The molecule has 0 spiro atoms. The molecule has 0 saturated carbocycles. The van der Waals surface area contributed by atoms with Crippen LogP contribution in [0.25, 0.3) is 6.08 Å². The van der Waals surface area contributed by atoms with Crippen molar-refractivity contribution in [2.45, 2.75) is 19.1 Å². The number of nitrogens with zero attached hydrogens (tertiary/aromatic N) is 2. The molecule has 0 saturated heterocycles. The first-order chi connectivity index (χ1) is 14.3. The van der Waals surface area contributed by atoms with E-state index < -0.39 is 17.6 Å². The maximum Gasteiger partial charge on any atom is 0.416 e. The quantitative estimate of drug-likeness (QED) is 0.782. The third kappa shape index (κ3) is 5.06. The van der Waals surface area contributed by atoms with E-state index in [1.807, 2.05) is 6.07 Å². The highest BCUT2D eigenvalue weighted by Crippen LogP contribution is 2.29. The number of hydrogen-bond donors (Lipinski definition) is 1. The smallest absolute Gasteiger partial charge is 0.343 e. The molecule has 2 aromatic carbocycles. The van der Waals surface area contributed by atoms with Crippen LogP contribution in [0.5, 0.6) is 0 Å². The monoisotopic (exact) mass is 413 g/mol. The summed E-state index contributed by atoms with van der Waals surface area (Å²) in [6.07, 6.45) is -1.29. The Morgan fingerprint density at radius 3 is 2.57 bits per heavy atom. The second kappa shape index (κ2) is 8.82. The average molecular weight is 413 g/mol. The summed E-state index contributed by atoms with van der Waals surface area (Å²) in [5, 5.41) is 11.6. The highest BCUT2D eigenvalue weighted by atomic mass is 19.4. The Kier molecular flexibility index (Phi) is 6.21. The van der Waals surface area contributed by atoms with Crippen molar-refractivity contribution in [1.82, 2.24) is 10.2 Å². The minimum absolute atomic E-state index is 0.191. The topological polar surface area (TPSA) is 73.2 Å². The van der Waals surface area contributed by atoms with E-state index in [1.54, 1.807) is 17.0 Å². The second-order valence-corrected chi connectivity index (χ2v) is 6.79. The van der Waals surface area contributed by atoms with Gasteiger partial charge in [-0.3, -0.25) is 9.59 Å². The molecule has 0 bridgehead atoms. The highest BCUT2D eigenvalue weighted by Gasteiger charge is 2.29. The van der Waals surface area contributed by atoms with E-state index in [0.717, 1.165) is 23.3 Å². The maximum absolute atomic E-state index is 12.6. The number of nitrogens with one attached hydrogen (secondary N) is 1. The number of rotatable bonds is 4. The van der Waals surface area contributed by atoms with E-state index in [-0.39, 0.29) is 12.5 Å². The molecule has 1 heterocycles. The van der Waals surface area contributed by atoms with Crippen LogP contribution >= 0.6 is 0 Å². The zero-order chi connectivity index (χ0) is 21.7. The molecule has 0 aliphatic carbocycles. The molecular weight excluding hydrogens is 395 g/mol. The fourth-order valence-corrected chi connectivity index (χ4v) is 3.22. The van der Waals surface area contributed by atoms with E-state index in [9.17, 15) is 22.8 Å². The zero-order valence-electron chi connectivity index (χ0n) is 15.9. The fraction of sp³-hybridized carbons (Fsp3) is 0.227. The lowest BCUT2D eigenvalue weighted by atomic mass is 9.95. The number of nitriles is 1. The fourth-order valence-electron chi connectivity index (χ4n) is 3.22. The molecule has 154 valence electrons. The van der Waals surface area contributed by atoms with Crippen molar-refractivity contribution < 1.29 is 22.8 Å². The number of alkyl halides is 3. The summed E-state index contributed by atoms with van der Waals surface area (Å²) >= 11 is 0. The summed E-state index contributed by atoms with van der Waals surface area (Å²) in [5.74, 6) is -0.772. The van der Waals surface area contributed by atoms with Gasteiger partial charge in [0.25, 0.3) is 0 Å². The van der Waals surface area contributed by atoms with Gasteiger partial charge in [0.15, 0.2) is 0 Å². The SMILES string of the molecule is N#Cc1cccc2c1CCN(C(=O)CNC(=O)/C=C/c1ccc(C(F)(F)F)cc1)C2. The second-order valence-electron chi connectivity index (χ2n) is 6.79. The van der Waals surface area contributed by atoms with Crippen molar-refractivity contribution >= 4 is 17.9 Å². The number of hydrogen-bond acceptors (Lipinski definition) is 3. The third-order valence-corrected chi connectivity index (χ3v) is 4.82. The van der Waals surface area contributed by atoms with Crippen LogP contribution in [0.2, 0.25) is 0 Å². The molecule has 0 unspecified atom stereocenters. The van der Waals surface area contributed by atoms with E-state index in [0.29, 0.717) is 30.6 Å². The molecule has 5 nitrogen and oxygen atoms in total. The van der Waals surface area contributed by atoms with E-state index in [2.05, 4.69) is 11.4 Å². The number of halogens is 3. The van der Waals surface area contributed by atoms with Gasteiger partial charge in [-0.05, 0) is 47.4 Å². The van der Waals surface area contributed by atoms with Gasteiger partial charge in [-0.15, -0.1) is 0 Å². The molecule has 8 heteroatoms. The van der Waals surface area contributed by atoms with Crippen LogP contribution in [-0.4, -0.2) is 29.8 Å². The minimum atomic E-state index is -4.41. The van der Waals surface area contributed by atoms with Crippen LogP contribution in [0.1, 0.15) is 27.8 Å². The number of fused-ring (bicyclic) bond motifs is 1. The summed E-state index contributed by atoms with van der Waals surface area (Å²) in [4.78, 5) is 25.9. The molecule has 0 atom stereocenters. The Morgan fingerprint density at radius 2 is 1.90 bits per heavy atom. The molecular formula is C22H18F3N3O2. The van der Waals surface area contributed by atoms with Gasteiger partial charge in [0.05, 0.1) is 23.7 Å². The van der Waals surface area contributed by atoms with Crippen molar-refractivity contribution in [2.75, 3.05) is 13.1 Å². The highest BCUT2D eigenvalue weighted by molar-refractivity contribution is 5.94. The number of benzene rings is 2. The van der Waals surface area contributed by atoms with E-state index in [4.69, 9.17) is 5.26 Å². The van der Waals surface area contributed by atoms with Gasteiger partial charge in [0.2, 0.25) is 11.8 Å². The van der Waals surface area contributed by atoms with Gasteiger partial charge >= 0.3 is 6.18 Å². The molecule has 1 aliphatic heterocycles. The predicted octanol–water partition coefficient (Wildman–Crippen LogP) is 3.29. The van der Waals surface area contributed by atoms with Gasteiger partial charge in [-0.25, -0.2) is 0 Å². The van der Waals surface area contributed by atoms with Crippen LogP contribution in [0, 0.1) is 11.3 Å². The molecule has 0 aromatic heterocycles. The van der Waals surface area contributed by atoms with Gasteiger partial charge in [0, 0.05) is 19.2 Å². The van der Waals surface area contributed by atoms with Crippen LogP contribution in [-0.2, 0) is 28.7 Å². The van der Waals surface area contributed by atoms with Crippen LogP contribution in [0.15, 0.2) is 48.5 Å². The summed E-state index contributed by atoms with van der Waals surface area (Å²) in [6.45, 7) is 0.645. The molecule has 0 radical (unpaired) electrons. The van der Waals surface area contributed by atoms with Gasteiger partial charge in [-0.2, -0.15) is 18.4 Å². The molecule has 2 aromatic rings. The predicted molar refractivity (Wildman–Crippen MR) is 104 cm³/mol. The third-order valence-electron chi connectivity index (χ3n) is 4.82. The van der Waals surface area contributed by atoms with Crippen molar-refractivity contribution in [3.8, 4) is 6.07 Å². The van der Waals surface area contributed by atoms with Crippen molar-refractivity contribution in [3.63, 3.8) is 0 Å². The summed E-state index contributed by atoms with van der Waals surface area (Å²) in [5.41, 5.74) is 2.15. The molecule has 3 rings (SSSR count). The first-order valence-electron chi connectivity index (χ1n) is 9.20. The van der Waals surface area contributed by atoms with Gasteiger partial charge in [-0.1, -0.05) is 24.3 Å². The maximum atomic E-state index is 12.6. The first kappa shape index (κ1) is 21.1. The molecule has 30 heavy (non-hydrogen) atoms. The van der Waals surface area contributed by atoms with Crippen LogP contribution < -0.4 is 5.32 Å². The largest absolute Gasteiger partial charge is 0.416 e. The minimum Gasteiger partial charge on any atom is -0.343 e. The lowest BCUT2D eigenvalue weighted by Crippen LogP contribution is -2.42. The molecule has 1 N–H and O–H groups in total. The van der Waals surface area contributed by atoms with Crippen LogP contribution in [0.3, 0.4) is 0 Å². The number of carbonyl (C=O) groups is 2. The van der Waals surface area contributed by atoms with Crippen LogP contribution in [0.4, 0.5) is 13.2 Å². The first-order valence-corrected chi connectivity index (χ1v) is 9.20. The lowest BCUT2D eigenvalue weighted by Gasteiger charge is -2.29. The standard InChI is InChI=1S/C22H18F3N3O2/c23-22(24,25)18-7-4-15(5-8-18)6-9-20(29)27-13-21(30)28-11-10-19-16(12-26)2-1-3-17(19)14-28/h1-9H,10-11,13-14H2,(H,27,29)/b9-6+. The Labute approximate surface area is 171 Å². The summed E-state index contributed by atoms with van der Waals surface area (Å²) in [6, 6.07) is 12.0. The Morgan fingerprint density at radius 1 is 1.17 bits per heavy atom.